The number of aryl methyl sites for hydroxylation is 1. The van der Waals surface area contributed by atoms with Gasteiger partial charge in [-0.2, -0.15) is 5.26 Å². The Hall–Kier alpha value is -3.04. The average molecular weight is 374 g/mol. The molecule has 0 fully saturated rings. The summed E-state index contributed by atoms with van der Waals surface area (Å²) in [7, 11) is 0. The van der Waals surface area contributed by atoms with Crippen molar-refractivity contribution in [2.75, 3.05) is 17.2 Å². The number of thioether (sulfide) groups is 1. The van der Waals surface area contributed by atoms with Gasteiger partial charge in [-0.15, -0.1) is 11.8 Å². The molecule has 5 nitrogen and oxygen atoms in total. The monoisotopic (exact) mass is 374 g/mol. The van der Waals surface area contributed by atoms with E-state index in [0.29, 0.717) is 17.7 Å². The summed E-state index contributed by atoms with van der Waals surface area (Å²) < 4.78 is 2.02. The molecule has 1 unspecified atom stereocenters. The van der Waals surface area contributed by atoms with E-state index in [0.717, 1.165) is 23.6 Å². The Morgan fingerprint density at radius 2 is 2.15 bits per heavy atom. The van der Waals surface area contributed by atoms with Crippen LogP contribution >= 0.6 is 11.8 Å². The van der Waals surface area contributed by atoms with Gasteiger partial charge in [0, 0.05) is 42.5 Å². The number of ketones is 1. The van der Waals surface area contributed by atoms with E-state index in [4.69, 9.17) is 0 Å². The third kappa shape index (κ3) is 3.46. The summed E-state index contributed by atoms with van der Waals surface area (Å²) in [6.07, 6.45) is 10.7. The second-order valence-corrected chi connectivity index (χ2v) is 7.49. The molecule has 1 aliphatic heterocycles. The third-order valence-electron chi connectivity index (χ3n) is 4.65. The van der Waals surface area contributed by atoms with Crippen LogP contribution < -0.4 is 4.90 Å². The first kappa shape index (κ1) is 17.4. The minimum atomic E-state index is -0.191. The van der Waals surface area contributed by atoms with Crippen LogP contribution in [0.3, 0.4) is 0 Å². The van der Waals surface area contributed by atoms with Crippen molar-refractivity contribution in [1.82, 2.24) is 9.55 Å². The summed E-state index contributed by atoms with van der Waals surface area (Å²) in [5.74, 6) is 0.739. The number of imidazole rings is 1. The fourth-order valence-electron chi connectivity index (χ4n) is 3.38. The van der Waals surface area contributed by atoms with Gasteiger partial charge in [0.2, 0.25) is 0 Å². The van der Waals surface area contributed by atoms with Gasteiger partial charge in [0.25, 0.3) is 0 Å². The lowest BCUT2D eigenvalue weighted by Crippen LogP contribution is -2.42. The van der Waals surface area contributed by atoms with Gasteiger partial charge in [-0.1, -0.05) is 30.4 Å². The van der Waals surface area contributed by atoms with Gasteiger partial charge in [-0.05, 0) is 23.8 Å². The summed E-state index contributed by atoms with van der Waals surface area (Å²) in [4.78, 5) is 18.7. The highest BCUT2D eigenvalue weighted by atomic mass is 32.2. The number of carbonyl (C=O) groups is 1. The van der Waals surface area contributed by atoms with Crippen LogP contribution in [0.25, 0.3) is 0 Å². The summed E-state index contributed by atoms with van der Waals surface area (Å²) in [5, 5.41) is 9.71. The zero-order chi connectivity index (χ0) is 18.6. The Labute approximate surface area is 162 Å². The van der Waals surface area contributed by atoms with E-state index in [1.807, 2.05) is 47.2 Å². The van der Waals surface area contributed by atoms with E-state index in [1.54, 1.807) is 36.4 Å². The van der Waals surface area contributed by atoms with Crippen LogP contribution in [-0.2, 0) is 11.3 Å². The van der Waals surface area contributed by atoms with Crippen molar-refractivity contribution in [3.63, 3.8) is 0 Å². The van der Waals surface area contributed by atoms with Crippen LogP contribution in [0.1, 0.15) is 0 Å². The van der Waals surface area contributed by atoms with Crippen molar-refractivity contribution >= 4 is 23.2 Å². The molecule has 1 atom stereocenters. The third-order valence-corrected chi connectivity index (χ3v) is 5.87. The molecule has 0 saturated heterocycles. The van der Waals surface area contributed by atoms with Crippen LogP contribution in [0.4, 0.5) is 5.69 Å². The molecular formula is C21H18N4OS. The van der Waals surface area contributed by atoms with Crippen molar-refractivity contribution < 1.29 is 4.79 Å². The molecular weight excluding hydrogens is 356 g/mol. The highest BCUT2D eigenvalue weighted by molar-refractivity contribution is 8.00. The second kappa shape index (κ2) is 7.68. The van der Waals surface area contributed by atoms with Gasteiger partial charge in [0.1, 0.15) is 5.37 Å². The average Bonchev–Trinajstić information content (AvgIpc) is 3.22. The predicted molar refractivity (Wildman–Crippen MR) is 107 cm³/mol. The molecule has 27 heavy (non-hydrogen) atoms. The number of benzene rings is 1. The maximum Gasteiger partial charge on any atom is 0.187 e. The quantitative estimate of drug-likeness (QED) is 0.803. The van der Waals surface area contributed by atoms with Crippen LogP contribution in [0.5, 0.6) is 0 Å². The summed E-state index contributed by atoms with van der Waals surface area (Å²) >= 11 is 1.68. The lowest BCUT2D eigenvalue weighted by molar-refractivity contribution is -0.111. The van der Waals surface area contributed by atoms with Gasteiger partial charge < -0.3 is 9.47 Å². The van der Waals surface area contributed by atoms with Gasteiger partial charge in [0.15, 0.2) is 5.78 Å². The number of anilines is 1. The van der Waals surface area contributed by atoms with Gasteiger partial charge >= 0.3 is 0 Å². The van der Waals surface area contributed by atoms with E-state index in [9.17, 15) is 10.1 Å². The molecule has 0 bridgehead atoms. The first-order chi connectivity index (χ1) is 13.3. The Balaban J connectivity index is 1.68. The standard InChI is InChI=1S/C21H18N4OS/c22-13-18-20-16(5-4-8-19(20)26)14-25(17-6-2-1-3-7-17)21(18)27-12-11-24-10-9-23-15-24/h1-10,15,21H,11-12,14H2. The molecule has 2 aromatic rings. The topological polar surface area (TPSA) is 61.9 Å². The number of allylic oxidation sites excluding steroid dienone is 3. The molecule has 134 valence electrons. The SMILES string of the molecule is N#CC1=C2C(=O)C=CC=C2CN(c2ccccc2)C1SCCn1ccnc1. The highest BCUT2D eigenvalue weighted by Crippen LogP contribution is 2.38. The fourth-order valence-corrected chi connectivity index (χ4v) is 4.63. The molecule has 4 rings (SSSR count). The van der Waals surface area contributed by atoms with E-state index in [2.05, 4.69) is 16.0 Å². The van der Waals surface area contributed by atoms with E-state index < -0.39 is 0 Å². The fraction of sp³-hybridized carbons (Fsp3) is 0.190. The van der Waals surface area contributed by atoms with Crippen molar-refractivity contribution in [3.05, 3.63) is 84.0 Å². The van der Waals surface area contributed by atoms with Crippen LogP contribution in [0, 0.1) is 11.3 Å². The normalized spacial score (nSPS) is 18.9. The van der Waals surface area contributed by atoms with Crippen LogP contribution in [0.15, 0.2) is 84.0 Å². The summed E-state index contributed by atoms with van der Waals surface area (Å²) in [6.45, 7) is 1.41. The van der Waals surface area contributed by atoms with E-state index in [-0.39, 0.29) is 11.2 Å². The van der Waals surface area contributed by atoms with E-state index >= 15 is 0 Å². The molecule has 1 aromatic heterocycles. The Bertz CT molecular complexity index is 967. The first-order valence-electron chi connectivity index (χ1n) is 8.73. The number of aromatic nitrogens is 2. The van der Waals surface area contributed by atoms with Gasteiger partial charge in [-0.25, -0.2) is 4.98 Å². The molecule has 0 spiro atoms. The number of nitriles is 1. The predicted octanol–water partition coefficient (Wildman–Crippen LogP) is 3.35. The Morgan fingerprint density at radius 3 is 2.89 bits per heavy atom. The first-order valence-corrected chi connectivity index (χ1v) is 9.78. The largest absolute Gasteiger partial charge is 0.350 e. The molecule has 0 N–H and O–H groups in total. The lowest BCUT2D eigenvalue weighted by atomic mass is 9.88. The van der Waals surface area contributed by atoms with Crippen molar-refractivity contribution in [2.45, 2.75) is 11.9 Å². The van der Waals surface area contributed by atoms with Crippen molar-refractivity contribution in [2.24, 2.45) is 0 Å². The number of carbonyl (C=O) groups excluding carboxylic acids is 1. The minimum absolute atomic E-state index is 0.0722. The zero-order valence-electron chi connectivity index (χ0n) is 14.7. The van der Waals surface area contributed by atoms with Gasteiger partial charge in [0.05, 0.1) is 18.0 Å². The molecule has 0 radical (unpaired) electrons. The number of rotatable bonds is 5. The van der Waals surface area contributed by atoms with Crippen molar-refractivity contribution in [1.29, 1.82) is 5.26 Å². The smallest absolute Gasteiger partial charge is 0.187 e. The summed E-state index contributed by atoms with van der Waals surface area (Å²) in [6, 6.07) is 12.4. The van der Waals surface area contributed by atoms with Gasteiger partial charge in [-0.3, -0.25) is 4.79 Å². The van der Waals surface area contributed by atoms with Crippen LogP contribution in [0.2, 0.25) is 0 Å². The number of fused-ring (bicyclic) bond motifs is 1. The maximum absolute atomic E-state index is 12.5. The highest BCUT2D eigenvalue weighted by Gasteiger charge is 2.35. The molecule has 0 amide bonds. The molecule has 6 heteroatoms. The molecule has 1 aliphatic carbocycles. The number of hydrogen-bond acceptors (Lipinski definition) is 5. The zero-order valence-corrected chi connectivity index (χ0v) is 15.5. The van der Waals surface area contributed by atoms with Crippen molar-refractivity contribution in [3.8, 4) is 6.07 Å². The lowest BCUT2D eigenvalue weighted by Gasteiger charge is -2.39. The minimum Gasteiger partial charge on any atom is -0.350 e. The number of nitrogens with zero attached hydrogens (tertiary/aromatic N) is 4. The Morgan fingerprint density at radius 1 is 1.30 bits per heavy atom. The molecule has 2 aliphatic rings. The molecule has 0 saturated carbocycles. The molecule has 2 heterocycles. The molecule has 1 aromatic carbocycles. The maximum atomic E-state index is 12.5. The van der Waals surface area contributed by atoms with Crippen LogP contribution in [-0.4, -0.2) is 33.0 Å². The Kier molecular flexibility index (Phi) is 4.95. The summed E-state index contributed by atoms with van der Waals surface area (Å²) in [5.41, 5.74) is 3.08. The van der Waals surface area contributed by atoms with E-state index in [1.165, 1.54) is 0 Å². The second-order valence-electron chi connectivity index (χ2n) is 6.30. The number of hydrogen-bond donors (Lipinski definition) is 0. The number of para-hydroxylation sites is 1.